The third-order valence-electron chi connectivity index (χ3n) is 4.14. The fourth-order valence-corrected chi connectivity index (χ4v) is 3.18. The molecule has 0 amide bonds. The maximum atomic E-state index is 6.76. The van der Waals surface area contributed by atoms with Gasteiger partial charge in [-0.2, -0.15) is 5.10 Å². The molecule has 3 heteroatoms. The first-order valence-electron chi connectivity index (χ1n) is 7.03. The van der Waals surface area contributed by atoms with Crippen LogP contribution in [0.15, 0.2) is 36.5 Å². The summed E-state index contributed by atoms with van der Waals surface area (Å²) in [6.45, 7) is 0. The van der Waals surface area contributed by atoms with Crippen LogP contribution in [0.4, 0.5) is 0 Å². The fraction of sp³-hybridized carbons (Fsp3) is 0.438. The van der Waals surface area contributed by atoms with Gasteiger partial charge in [0.2, 0.25) is 0 Å². The van der Waals surface area contributed by atoms with Gasteiger partial charge in [-0.05, 0) is 36.5 Å². The van der Waals surface area contributed by atoms with Gasteiger partial charge >= 0.3 is 0 Å². The monoisotopic (exact) mass is 255 g/mol. The number of nitrogens with zero attached hydrogens (tertiary/aromatic N) is 2. The Morgan fingerprint density at radius 2 is 2.11 bits per heavy atom. The van der Waals surface area contributed by atoms with E-state index in [1.807, 2.05) is 17.9 Å². The Morgan fingerprint density at radius 3 is 2.89 bits per heavy atom. The Kier molecular flexibility index (Phi) is 3.15. The molecule has 0 saturated heterocycles. The molecular weight excluding hydrogens is 234 g/mol. The third-order valence-corrected chi connectivity index (χ3v) is 4.14. The molecular formula is C16H21N3. The minimum atomic E-state index is -0.262. The molecule has 0 saturated carbocycles. The van der Waals surface area contributed by atoms with Crippen LogP contribution in [0.5, 0.6) is 0 Å². The van der Waals surface area contributed by atoms with Crippen molar-refractivity contribution in [2.45, 2.75) is 37.6 Å². The van der Waals surface area contributed by atoms with Crippen LogP contribution in [0.25, 0.3) is 0 Å². The van der Waals surface area contributed by atoms with Gasteiger partial charge in [-0.25, -0.2) is 0 Å². The number of hydrogen-bond acceptors (Lipinski definition) is 2. The molecule has 1 heterocycles. The molecule has 100 valence electrons. The van der Waals surface area contributed by atoms with E-state index in [0.717, 1.165) is 25.0 Å². The highest BCUT2D eigenvalue weighted by Crippen LogP contribution is 2.34. The minimum absolute atomic E-state index is 0.262. The zero-order chi connectivity index (χ0) is 13.3. The molecule has 0 fully saturated rings. The van der Waals surface area contributed by atoms with E-state index >= 15 is 0 Å². The number of aryl methyl sites for hydroxylation is 2. The number of hydrogen-bond donors (Lipinski definition) is 1. The second-order valence-corrected chi connectivity index (χ2v) is 5.68. The topological polar surface area (TPSA) is 43.8 Å². The van der Waals surface area contributed by atoms with E-state index in [1.165, 1.54) is 24.0 Å². The van der Waals surface area contributed by atoms with Crippen LogP contribution in [0.2, 0.25) is 0 Å². The normalized spacial score (nSPS) is 22.8. The summed E-state index contributed by atoms with van der Waals surface area (Å²) in [7, 11) is 1.95. The van der Waals surface area contributed by atoms with Crippen LogP contribution in [0.3, 0.4) is 0 Å². The Balaban J connectivity index is 1.97. The highest BCUT2D eigenvalue weighted by molar-refractivity contribution is 5.35. The summed E-state index contributed by atoms with van der Waals surface area (Å²) in [6.07, 6.45) is 7.43. The number of nitrogens with two attached hydrogens (primary N) is 1. The largest absolute Gasteiger partial charge is 0.321 e. The third kappa shape index (κ3) is 2.43. The van der Waals surface area contributed by atoms with Crippen molar-refractivity contribution < 1.29 is 0 Å². The molecule has 0 spiro atoms. The molecule has 2 N–H and O–H groups in total. The lowest BCUT2D eigenvalue weighted by molar-refractivity contribution is 0.393. The average Bonchev–Trinajstić information content (AvgIpc) is 2.72. The molecule has 19 heavy (non-hydrogen) atoms. The highest BCUT2D eigenvalue weighted by Gasteiger charge is 2.31. The van der Waals surface area contributed by atoms with Crippen LogP contribution < -0.4 is 5.73 Å². The Labute approximate surface area is 114 Å². The zero-order valence-corrected chi connectivity index (χ0v) is 11.5. The van der Waals surface area contributed by atoms with Crippen molar-refractivity contribution in [1.29, 1.82) is 0 Å². The molecule has 1 atom stereocenters. The van der Waals surface area contributed by atoms with E-state index in [4.69, 9.17) is 5.73 Å². The Bertz CT molecular complexity index is 573. The second-order valence-electron chi connectivity index (χ2n) is 5.68. The number of benzene rings is 1. The summed E-state index contributed by atoms with van der Waals surface area (Å²) in [5, 5.41) is 4.49. The molecule has 1 aliphatic carbocycles. The van der Waals surface area contributed by atoms with E-state index in [2.05, 4.69) is 35.4 Å². The Hall–Kier alpha value is -1.61. The molecule has 3 nitrogen and oxygen atoms in total. The van der Waals surface area contributed by atoms with Gasteiger partial charge in [-0.3, -0.25) is 4.68 Å². The van der Waals surface area contributed by atoms with Crippen molar-refractivity contribution in [3.05, 3.63) is 53.3 Å². The first-order valence-corrected chi connectivity index (χ1v) is 7.03. The van der Waals surface area contributed by atoms with Crippen molar-refractivity contribution >= 4 is 0 Å². The molecule has 1 aliphatic rings. The van der Waals surface area contributed by atoms with Crippen LogP contribution in [-0.2, 0) is 25.4 Å². The molecule has 2 aromatic rings. The minimum Gasteiger partial charge on any atom is -0.321 e. The van der Waals surface area contributed by atoms with Gasteiger partial charge in [-0.15, -0.1) is 0 Å². The number of rotatable bonds is 2. The average molecular weight is 255 g/mol. The van der Waals surface area contributed by atoms with Gasteiger partial charge in [0.1, 0.15) is 0 Å². The zero-order valence-electron chi connectivity index (χ0n) is 11.5. The lowest BCUT2D eigenvalue weighted by Gasteiger charge is -2.29. The lowest BCUT2D eigenvalue weighted by Crippen LogP contribution is -2.39. The number of aromatic nitrogens is 2. The highest BCUT2D eigenvalue weighted by atomic mass is 15.2. The van der Waals surface area contributed by atoms with E-state index in [-0.39, 0.29) is 5.54 Å². The van der Waals surface area contributed by atoms with E-state index in [9.17, 15) is 0 Å². The van der Waals surface area contributed by atoms with E-state index in [1.54, 1.807) is 0 Å². The van der Waals surface area contributed by atoms with Gasteiger partial charge in [0, 0.05) is 25.2 Å². The standard InChI is InChI=1S/C16H21N3/c1-19-11-9-14(18-19)12-16(17)10-5-4-7-13-6-2-3-8-15(13)16/h2-3,6,8-9,11H,4-5,7,10,12,17H2,1H3. The summed E-state index contributed by atoms with van der Waals surface area (Å²) in [5.74, 6) is 0. The molecule has 0 bridgehead atoms. The summed E-state index contributed by atoms with van der Waals surface area (Å²) < 4.78 is 1.85. The van der Waals surface area contributed by atoms with Gasteiger partial charge in [0.05, 0.1) is 5.69 Å². The SMILES string of the molecule is Cn1ccc(CC2(N)CCCCc3ccccc32)n1. The van der Waals surface area contributed by atoms with Gasteiger partial charge in [-0.1, -0.05) is 30.7 Å². The molecule has 1 unspecified atom stereocenters. The summed E-state index contributed by atoms with van der Waals surface area (Å²) in [4.78, 5) is 0. The smallest absolute Gasteiger partial charge is 0.0646 e. The molecule has 1 aromatic heterocycles. The van der Waals surface area contributed by atoms with Crippen molar-refractivity contribution in [1.82, 2.24) is 9.78 Å². The van der Waals surface area contributed by atoms with Crippen molar-refractivity contribution in [2.75, 3.05) is 0 Å². The first-order chi connectivity index (χ1) is 9.17. The van der Waals surface area contributed by atoms with Crippen molar-refractivity contribution in [3.8, 4) is 0 Å². The fourth-order valence-electron chi connectivity index (χ4n) is 3.18. The predicted octanol–water partition coefficient (Wildman–Crippen LogP) is 2.54. The first kappa shape index (κ1) is 12.4. The molecule has 0 aliphatic heterocycles. The molecule has 0 radical (unpaired) electrons. The maximum Gasteiger partial charge on any atom is 0.0646 e. The van der Waals surface area contributed by atoms with Crippen molar-refractivity contribution in [3.63, 3.8) is 0 Å². The van der Waals surface area contributed by atoms with Crippen LogP contribution in [-0.4, -0.2) is 9.78 Å². The van der Waals surface area contributed by atoms with Gasteiger partial charge < -0.3 is 5.73 Å². The summed E-state index contributed by atoms with van der Waals surface area (Å²) in [5.41, 5.74) is 10.3. The van der Waals surface area contributed by atoms with E-state index in [0.29, 0.717) is 0 Å². The summed E-state index contributed by atoms with van der Waals surface area (Å²) in [6, 6.07) is 10.7. The maximum absolute atomic E-state index is 6.76. The predicted molar refractivity (Wildman–Crippen MR) is 76.8 cm³/mol. The molecule has 3 rings (SSSR count). The van der Waals surface area contributed by atoms with Crippen LogP contribution in [0.1, 0.15) is 36.1 Å². The second kappa shape index (κ2) is 4.82. The quantitative estimate of drug-likeness (QED) is 0.838. The van der Waals surface area contributed by atoms with E-state index < -0.39 is 0 Å². The van der Waals surface area contributed by atoms with Crippen molar-refractivity contribution in [2.24, 2.45) is 12.8 Å². The summed E-state index contributed by atoms with van der Waals surface area (Å²) >= 11 is 0. The number of fused-ring (bicyclic) bond motifs is 1. The lowest BCUT2D eigenvalue weighted by atomic mass is 9.82. The molecule has 1 aromatic carbocycles. The van der Waals surface area contributed by atoms with Crippen LogP contribution >= 0.6 is 0 Å². The Morgan fingerprint density at radius 1 is 1.26 bits per heavy atom. The van der Waals surface area contributed by atoms with Gasteiger partial charge in [0.25, 0.3) is 0 Å². The van der Waals surface area contributed by atoms with Crippen LogP contribution in [0, 0.1) is 0 Å². The van der Waals surface area contributed by atoms with Gasteiger partial charge in [0.15, 0.2) is 0 Å².